The number of rotatable bonds is 2. The van der Waals surface area contributed by atoms with E-state index < -0.39 is 0 Å². The van der Waals surface area contributed by atoms with E-state index in [0.29, 0.717) is 20.7 Å². The van der Waals surface area contributed by atoms with Crippen LogP contribution >= 0.6 is 50.1 Å². The summed E-state index contributed by atoms with van der Waals surface area (Å²) in [6.07, 6.45) is 0. The van der Waals surface area contributed by atoms with Gasteiger partial charge in [-0.15, -0.1) is 0 Å². The van der Waals surface area contributed by atoms with Gasteiger partial charge in [-0.1, -0.05) is 11.6 Å². The maximum atomic E-state index is 12.0. The minimum atomic E-state index is -0.328. The Bertz CT molecular complexity index is 649. The number of phenols is 1. The third kappa shape index (κ3) is 3.61. The molecule has 0 atom stereocenters. The summed E-state index contributed by atoms with van der Waals surface area (Å²) in [4.78, 5) is 12.0. The minimum Gasteiger partial charge on any atom is -0.507 e. The minimum absolute atomic E-state index is 0.0151. The van der Waals surface area contributed by atoms with E-state index in [9.17, 15) is 9.90 Å². The van der Waals surface area contributed by atoms with Gasteiger partial charge in [0.25, 0.3) is 5.91 Å². The highest BCUT2D eigenvalue weighted by Gasteiger charge is 2.10. The van der Waals surface area contributed by atoms with E-state index >= 15 is 0 Å². The third-order valence-corrected chi connectivity index (χ3v) is 4.04. The summed E-state index contributed by atoms with van der Waals surface area (Å²) in [7, 11) is 0. The van der Waals surface area contributed by atoms with Gasteiger partial charge in [0.15, 0.2) is 0 Å². The number of halogens is 3. The van der Waals surface area contributed by atoms with Gasteiger partial charge in [-0.2, -0.15) is 0 Å². The van der Waals surface area contributed by atoms with Crippen LogP contribution in [0, 0.1) is 3.57 Å². The summed E-state index contributed by atoms with van der Waals surface area (Å²) < 4.78 is 1.53. The Morgan fingerprint density at radius 1 is 1.26 bits per heavy atom. The lowest BCUT2D eigenvalue weighted by molar-refractivity contribution is 0.102. The highest BCUT2D eigenvalue weighted by molar-refractivity contribution is 14.1. The Labute approximate surface area is 137 Å². The van der Waals surface area contributed by atoms with Crippen molar-refractivity contribution in [2.75, 3.05) is 5.32 Å². The van der Waals surface area contributed by atoms with E-state index in [1.54, 1.807) is 24.3 Å². The first-order valence-corrected chi connectivity index (χ1v) is 7.47. The second-order valence-electron chi connectivity index (χ2n) is 3.74. The Morgan fingerprint density at radius 2 is 2.00 bits per heavy atom. The fourth-order valence-corrected chi connectivity index (χ4v) is 2.59. The molecule has 19 heavy (non-hydrogen) atoms. The largest absolute Gasteiger partial charge is 0.507 e. The number of carbonyl (C=O) groups is 1. The van der Waals surface area contributed by atoms with Crippen molar-refractivity contribution in [3.8, 4) is 5.75 Å². The molecular formula is C13H8BrClINO2. The lowest BCUT2D eigenvalue weighted by atomic mass is 10.2. The van der Waals surface area contributed by atoms with Crippen LogP contribution in [0.1, 0.15) is 10.4 Å². The molecule has 6 heteroatoms. The van der Waals surface area contributed by atoms with Crippen LogP contribution in [0.25, 0.3) is 0 Å². The van der Waals surface area contributed by atoms with E-state index in [0.717, 1.165) is 3.57 Å². The van der Waals surface area contributed by atoms with E-state index in [2.05, 4.69) is 43.8 Å². The second kappa shape index (κ2) is 6.11. The van der Waals surface area contributed by atoms with Crippen LogP contribution < -0.4 is 5.32 Å². The van der Waals surface area contributed by atoms with Crippen LogP contribution in [0.15, 0.2) is 40.9 Å². The Hall–Kier alpha value is -0.790. The number of nitrogens with one attached hydrogen (secondary N) is 1. The van der Waals surface area contributed by atoms with Crippen LogP contribution in [0.5, 0.6) is 5.75 Å². The molecule has 0 aliphatic rings. The predicted molar refractivity (Wildman–Crippen MR) is 87.9 cm³/mol. The van der Waals surface area contributed by atoms with Crippen LogP contribution in [-0.2, 0) is 0 Å². The van der Waals surface area contributed by atoms with Crippen LogP contribution in [0.3, 0.4) is 0 Å². The van der Waals surface area contributed by atoms with Crippen molar-refractivity contribution < 1.29 is 9.90 Å². The summed E-state index contributed by atoms with van der Waals surface area (Å²) in [6.45, 7) is 0. The maximum Gasteiger partial charge on any atom is 0.255 e. The molecule has 0 heterocycles. The van der Waals surface area contributed by atoms with Gasteiger partial charge >= 0.3 is 0 Å². The molecule has 2 rings (SSSR count). The zero-order valence-corrected chi connectivity index (χ0v) is 14.0. The van der Waals surface area contributed by atoms with Crippen LogP contribution in [-0.4, -0.2) is 11.0 Å². The molecule has 0 aromatic heterocycles. The van der Waals surface area contributed by atoms with E-state index in [1.165, 1.54) is 6.07 Å². The zero-order chi connectivity index (χ0) is 14.0. The standard InChI is InChI=1S/C13H8BrClINO2/c14-9-3-1-7(5-12(9)18)13(19)17-11-4-2-8(16)6-10(11)15/h1-6,18H,(H,17,19). The predicted octanol–water partition coefficient (Wildman–Crippen LogP) is 4.67. The number of phenolic OH excluding ortho intramolecular Hbond substituents is 1. The molecule has 2 aromatic carbocycles. The number of aromatic hydroxyl groups is 1. The fraction of sp³-hybridized carbons (Fsp3) is 0. The van der Waals surface area contributed by atoms with Crippen molar-refractivity contribution >= 4 is 61.7 Å². The normalized spacial score (nSPS) is 10.3. The maximum absolute atomic E-state index is 12.0. The summed E-state index contributed by atoms with van der Waals surface area (Å²) >= 11 is 11.3. The van der Waals surface area contributed by atoms with Crippen molar-refractivity contribution in [2.24, 2.45) is 0 Å². The highest BCUT2D eigenvalue weighted by atomic mass is 127. The van der Waals surface area contributed by atoms with Crippen molar-refractivity contribution in [2.45, 2.75) is 0 Å². The van der Waals surface area contributed by atoms with E-state index in [-0.39, 0.29) is 11.7 Å². The quantitative estimate of drug-likeness (QED) is 0.651. The Morgan fingerprint density at radius 3 is 2.63 bits per heavy atom. The monoisotopic (exact) mass is 451 g/mol. The molecule has 0 fully saturated rings. The van der Waals surface area contributed by atoms with Crippen LogP contribution in [0.4, 0.5) is 5.69 Å². The number of hydrogen-bond acceptors (Lipinski definition) is 2. The van der Waals surface area contributed by atoms with Gasteiger partial charge in [-0.25, -0.2) is 0 Å². The third-order valence-electron chi connectivity index (χ3n) is 2.39. The van der Waals surface area contributed by atoms with Gasteiger partial charge in [0.2, 0.25) is 0 Å². The molecule has 0 unspecified atom stereocenters. The van der Waals surface area contributed by atoms with Gasteiger partial charge in [0, 0.05) is 9.13 Å². The van der Waals surface area contributed by atoms with Gasteiger partial charge in [0.1, 0.15) is 5.75 Å². The van der Waals surface area contributed by atoms with Gasteiger partial charge in [-0.3, -0.25) is 4.79 Å². The lowest BCUT2D eigenvalue weighted by Crippen LogP contribution is -2.12. The molecule has 0 saturated carbocycles. The lowest BCUT2D eigenvalue weighted by Gasteiger charge is -2.08. The van der Waals surface area contributed by atoms with Crippen molar-refractivity contribution in [3.05, 3.63) is 55.0 Å². The highest BCUT2D eigenvalue weighted by Crippen LogP contribution is 2.27. The first kappa shape index (κ1) is 14.6. The Kier molecular flexibility index (Phi) is 4.70. The molecule has 0 radical (unpaired) electrons. The molecule has 1 amide bonds. The SMILES string of the molecule is O=C(Nc1ccc(I)cc1Cl)c1ccc(Br)c(O)c1. The second-order valence-corrected chi connectivity index (χ2v) is 6.25. The topological polar surface area (TPSA) is 49.3 Å². The molecule has 0 spiro atoms. The average molecular weight is 452 g/mol. The zero-order valence-electron chi connectivity index (χ0n) is 9.45. The summed E-state index contributed by atoms with van der Waals surface area (Å²) in [5, 5.41) is 12.7. The van der Waals surface area contributed by atoms with Crippen LogP contribution in [0.2, 0.25) is 5.02 Å². The van der Waals surface area contributed by atoms with Crippen molar-refractivity contribution in [1.29, 1.82) is 0 Å². The number of carbonyl (C=O) groups excluding carboxylic acids is 1. The molecule has 2 N–H and O–H groups in total. The molecule has 2 aromatic rings. The first-order valence-electron chi connectivity index (χ1n) is 5.22. The van der Waals surface area contributed by atoms with Gasteiger partial charge < -0.3 is 10.4 Å². The van der Waals surface area contributed by atoms with Gasteiger partial charge in [0.05, 0.1) is 15.2 Å². The molecule has 0 saturated heterocycles. The summed E-state index contributed by atoms with van der Waals surface area (Å²) in [5.41, 5.74) is 0.893. The van der Waals surface area contributed by atoms with Crippen molar-refractivity contribution in [1.82, 2.24) is 0 Å². The Balaban J connectivity index is 2.23. The molecule has 98 valence electrons. The van der Waals surface area contributed by atoms with Crippen molar-refractivity contribution in [3.63, 3.8) is 0 Å². The fourth-order valence-electron chi connectivity index (χ4n) is 1.44. The summed E-state index contributed by atoms with van der Waals surface area (Å²) in [6, 6.07) is 9.96. The number of hydrogen-bond donors (Lipinski definition) is 2. The molecule has 0 bridgehead atoms. The van der Waals surface area contributed by atoms with E-state index in [1.807, 2.05) is 6.07 Å². The smallest absolute Gasteiger partial charge is 0.255 e. The number of benzene rings is 2. The van der Waals surface area contributed by atoms with E-state index in [4.69, 9.17) is 11.6 Å². The summed E-state index contributed by atoms with van der Waals surface area (Å²) in [5.74, 6) is -0.313. The molecule has 0 aliphatic heterocycles. The first-order chi connectivity index (χ1) is 8.97. The molecule has 0 aliphatic carbocycles. The molecular weight excluding hydrogens is 444 g/mol. The molecule has 3 nitrogen and oxygen atoms in total. The number of amides is 1. The number of anilines is 1. The average Bonchev–Trinajstić information content (AvgIpc) is 2.36. The van der Waals surface area contributed by atoms with Gasteiger partial charge in [-0.05, 0) is 74.9 Å².